The summed E-state index contributed by atoms with van der Waals surface area (Å²) in [5.41, 5.74) is 5.51. The number of hydrogen-bond donors (Lipinski definition) is 3. The summed E-state index contributed by atoms with van der Waals surface area (Å²) in [4.78, 5) is 12.4. The predicted octanol–water partition coefficient (Wildman–Crippen LogP) is 3.00. The van der Waals surface area contributed by atoms with E-state index in [1.807, 2.05) is 0 Å². The van der Waals surface area contributed by atoms with Gasteiger partial charge >= 0.3 is 0 Å². The number of nitrogens with one attached hydrogen (secondary N) is 1. The topological polar surface area (TPSA) is 101 Å². The molecule has 1 aliphatic carbocycles. The van der Waals surface area contributed by atoms with Crippen molar-refractivity contribution < 1.29 is 14.4 Å². The fourth-order valence-corrected chi connectivity index (χ4v) is 3.21. The van der Waals surface area contributed by atoms with E-state index in [2.05, 4.69) is 26.4 Å². The first-order valence-electron chi connectivity index (χ1n) is 7.12. The average molecular weight is 358 g/mol. The number of hydrogen-bond acceptors (Lipinski definition) is 4. The number of nitrogens with zero attached hydrogens (tertiary/aromatic N) is 1. The summed E-state index contributed by atoms with van der Waals surface area (Å²) in [5.74, 6) is -0.222. The second kappa shape index (κ2) is 6.98. The van der Waals surface area contributed by atoms with E-state index in [-0.39, 0.29) is 11.7 Å². The van der Waals surface area contributed by atoms with Crippen LogP contribution in [0.4, 0.5) is 0 Å². The Bertz CT molecular complexity index is 519. The molecular formula is C14H20BrN3O3. The molecule has 4 N–H and O–H groups in total. The Morgan fingerprint density at radius 3 is 2.48 bits per heavy atom. The zero-order chi connectivity index (χ0) is 15.3. The van der Waals surface area contributed by atoms with Gasteiger partial charge < -0.3 is 20.7 Å². The first-order chi connectivity index (χ1) is 10.1. The van der Waals surface area contributed by atoms with Gasteiger partial charge in [0.25, 0.3) is 5.91 Å². The Balaban J connectivity index is 2.23. The number of carbonyl (C=O) groups is 1. The molecule has 116 valence electrons. The molecule has 1 fully saturated rings. The normalized spacial score (nSPS) is 19.6. The summed E-state index contributed by atoms with van der Waals surface area (Å²) in [6, 6.07) is 1.59. The van der Waals surface area contributed by atoms with Crippen LogP contribution in [0.5, 0.6) is 0 Å². The van der Waals surface area contributed by atoms with Crippen molar-refractivity contribution in [3.8, 4) is 0 Å². The van der Waals surface area contributed by atoms with E-state index < -0.39 is 5.54 Å². The molecule has 21 heavy (non-hydrogen) atoms. The lowest BCUT2D eigenvalue weighted by Crippen LogP contribution is -2.57. The third-order valence-corrected chi connectivity index (χ3v) is 4.63. The van der Waals surface area contributed by atoms with E-state index in [1.54, 1.807) is 6.07 Å². The Morgan fingerprint density at radius 2 is 1.95 bits per heavy atom. The summed E-state index contributed by atoms with van der Waals surface area (Å²) in [6.45, 7) is 0. The monoisotopic (exact) mass is 357 g/mol. The predicted molar refractivity (Wildman–Crippen MR) is 82.3 cm³/mol. The lowest BCUT2D eigenvalue weighted by molar-refractivity contribution is 0.0908. The number of oxime groups is 1. The number of rotatable bonds is 3. The summed E-state index contributed by atoms with van der Waals surface area (Å²) in [5, 5.41) is 15.2. The van der Waals surface area contributed by atoms with Crippen molar-refractivity contribution in [1.29, 1.82) is 0 Å². The van der Waals surface area contributed by atoms with E-state index in [1.165, 1.54) is 12.7 Å². The van der Waals surface area contributed by atoms with Crippen molar-refractivity contribution in [3.63, 3.8) is 0 Å². The molecule has 0 bridgehead atoms. The highest BCUT2D eigenvalue weighted by Gasteiger charge is 2.37. The number of carbonyl (C=O) groups excluding carboxylic acids is 1. The Kier molecular flexibility index (Phi) is 5.27. The second-order valence-electron chi connectivity index (χ2n) is 5.40. The summed E-state index contributed by atoms with van der Waals surface area (Å²) >= 11 is 3.19. The molecule has 1 aliphatic rings. The van der Waals surface area contributed by atoms with E-state index >= 15 is 0 Å². The van der Waals surface area contributed by atoms with Crippen molar-refractivity contribution in [1.82, 2.24) is 5.32 Å². The van der Waals surface area contributed by atoms with Gasteiger partial charge in [-0.1, -0.05) is 37.3 Å². The van der Waals surface area contributed by atoms with Crippen LogP contribution in [0.15, 0.2) is 26.6 Å². The molecule has 1 amide bonds. The van der Waals surface area contributed by atoms with Crippen LogP contribution in [0, 0.1) is 0 Å². The molecular weight excluding hydrogens is 338 g/mol. The zero-order valence-electron chi connectivity index (χ0n) is 11.8. The van der Waals surface area contributed by atoms with Crippen molar-refractivity contribution in [2.45, 2.75) is 50.5 Å². The third kappa shape index (κ3) is 3.58. The minimum atomic E-state index is -0.789. The fourth-order valence-electron chi connectivity index (χ4n) is 2.79. The highest BCUT2D eigenvalue weighted by Crippen LogP contribution is 2.28. The Morgan fingerprint density at radius 1 is 1.33 bits per heavy atom. The first-order valence-corrected chi connectivity index (χ1v) is 7.92. The standard InChI is InChI=1S/C14H20BrN3O3/c15-11-10(6-9-21-11)12(19)17-14(13(16)18-20)7-4-2-1-3-5-8-14/h6,9,20H,1-5,7-8H2,(H2,16,18)(H,17,19). The number of amides is 1. The van der Waals surface area contributed by atoms with Crippen LogP contribution in [-0.4, -0.2) is 22.5 Å². The first kappa shape index (κ1) is 15.9. The van der Waals surface area contributed by atoms with Gasteiger partial charge in [-0.2, -0.15) is 0 Å². The van der Waals surface area contributed by atoms with Gasteiger partial charge in [-0.25, -0.2) is 0 Å². The van der Waals surface area contributed by atoms with E-state index in [9.17, 15) is 4.79 Å². The van der Waals surface area contributed by atoms with Gasteiger partial charge in [0, 0.05) is 0 Å². The summed E-state index contributed by atoms with van der Waals surface area (Å²) in [6.07, 6.45) is 8.01. The number of amidine groups is 1. The van der Waals surface area contributed by atoms with Gasteiger partial charge in [-0.3, -0.25) is 4.79 Å². The van der Waals surface area contributed by atoms with Gasteiger partial charge in [-0.05, 0) is 34.8 Å². The number of furan rings is 1. The summed E-state index contributed by atoms with van der Waals surface area (Å²) in [7, 11) is 0. The zero-order valence-corrected chi connectivity index (χ0v) is 13.4. The minimum absolute atomic E-state index is 0.0670. The SMILES string of the molecule is N/C(=N/O)C1(NC(=O)c2ccoc2Br)CCCCCCC1. The van der Waals surface area contributed by atoms with Crippen molar-refractivity contribution >= 4 is 27.7 Å². The highest BCUT2D eigenvalue weighted by molar-refractivity contribution is 9.10. The van der Waals surface area contributed by atoms with Crippen molar-refractivity contribution in [2.75, 3.05) is 0 Å². The molecule has 6 nitrogen and oxygen atoms in total. The van der Waals surface area contributed by atoms with Crippen LogP contribution in [0.25, 0.3) is 0 Å². The van der Waals surface area contributed by atoms with Crippen LogP contribution in [0.2, 0.25) is 0 Å². The smallest absolute Gasteiger partial charge is 0.256 e. The molecule has 1 aromatic rings. The quantitative estimate of drug-likeness (QED) is 0.335. The molecule has 2 rings (SSSR count). The van der Waals surface area contributed by atoms with Crippen LogP contribution < -0.4 is 11.1 Å². The third-order valence-electron chi connectivity index (χ3n) is 4.02. The largest absolute Gasteiger partial charge is 0.457 e. The molecule has 0 spiro atoms. The van der Waals surface area contributed by atoms with Crippen molar-refractivity contribution in [2.24, 2.45) is 10.9 Å². The van der Waals surface area contributed by atoms with Gasteiger partial charge in [0.2, 0.25) is 0 Å². The molecule has 7 heteroatoms. The van der Waals surface area contributed by atoms with Gasteiger partial charge in [0.1, 0.15) is 5.54 Å². The van der Waals surface area contributed by atoms with Crippen LogP contribution in [0.1, 0.15) is 55.3 Å². The lowest BCUT2D eigenvalue weighted by Gasteiger charge is -2.35. The molecule has 1 saturated carbocycles. The highest BCUT2D eigenvalue weighted by atomic mass is 79.9. The number of halogens is 1. The Hall–Kier alpha value is -1.50. The molecule has 0 aliphatic heterocycles. The molecule has 0 radical (unpaired) electrons. The maximum Gasteiger partial charge on any atom is 0.256 e. The molecule has 0 unspecified atom stereocenters. The van der Waals surface area contributed by atoms with Gasteiger partial charge in [-0.15, -0.1) is 0 Å². The lowest BCUT2D eigenvalue weighted by atomic mass is 9.82. The molecule has 0 saturated heterocycles. The van der Waals surface area contributed by atoms with E-state index in [4.69, 9.17) is 15.4 Å². The van der Waals surface area contributed by atoms with Crippen LogP contribution in [-0.2, 0) is 0 Å². The fraction of sp³-hybridized carbons (Fsp3) is 0.571. The minimum Gasteiger partial charge on any atom is -0.457 e. The molecule has 0 atom stereocenters. The molecule has 1 heterocycles. The van der Waals surface area contributed by atoms with Crippen LogP contribution in [0.3, 0.4) is 0 Å². The second-order valence-corrected chi connectivity index (χ2v) is 6.12. The van der Waals surface area contributed by atoms with E-state index in [0.29, 0.717) is 23.1 Å². The molecule has 0 aromatic carbocycles. The summed E-state index contributed by atoms with van der Waals surface area (Å²) < 4.78 is 5.46. The maximum absolute atomic E-state index is 12.4. The van der Waals surface area contributed by atoms with Gasteiger partial charge in [0.05, 0.1) is 11.8 Å². The van der Waals surface area contributed by atoms with Crippen molar-refractivity contribution in [3.05, 3.63) is 22.6 Å². The van der Waals surface area contributed by atoms with Gasteiger partial charge in [0.15, 0.2) is 10.5 Å². The number of nitrogens with two attached hydrogens (primary N) is 1. The Labute approximate surface area is 131 Å². The maximum atomic E-state index is 12.4. The van der Waals surface area contributed by atoms with Crippen LogP contribution >= 0.6 is 15.9 Å². The molecule has 1 aromatic heterocycles. The average Bonchev–Trinajstić information content (AvgIpc) is 2.87. The van der Waals surface area contributed by atoms with E-state index in [0.717, 1.165) is 25.7 Å².